The number of amides is 2. The van der Waals surface area contributed by atoms with E-state index >= 15 is 0 Å². The van der Waals surface area contributed by atoms with Gasteiger partial charge in [-0.05, 0) is 31.5 Å². The van der Waals surface area contributed by atoms with Gasteiger partial charge in [-0.1, -0.05) is 17.7 Å². The zero-order valence-corrected chi connectivity index (χ0v) is 22.9. The van der Waals surface area contributed by atoms with Crippen molar-refractivity contribution in [3.05, 3.63) is 39.4 Å². The van der Waals surface area contributed by atoms with Crippen molar-refractivity contribution in [3.8, 4) is 5.75 Å². The Morgan fingerprint density at radius 1 is 1.34 bits per heavy atom. The maximum absolute atomic E-state index is 13.2. The summed E-state index contributed by atoms with van der Waals surface area (Å²) in [5.41, 5.74) is 9.87. The van der Waals surface area contributed by atoms with Gasteiger partial charge in [0, 0.05) is 51.8 Å². The van der Waals surface area contributed by atoms with Crippen LogP contribution in [-0.4, -0.2) is 83.7 Å². The molecule has 2 aliphatic rings. The molecule has 4 N–H and O–H groups in total. The standard InChI is InChI=1S/C25H31ClN8O3S/c1-15(35)32-8-5-16(12-32)18-10-19(22-24(27)29-14-30-34(18)22)33-7-3-4-17(13-33)31-25(36)23-20(11-21(26)38-23)37-9-6-28-2/h5,10-11,14,17,28H,3-4,6-9,12-13H2,1-2H3,(H,31,36)(H2,27,29,30)/t17-/m1/s1. The summed E-state index contributed by atoms with van der Waals surface area (Å²) in [5, 5.41) is 10.7. The molecule has 0 spiro atoms. The van der Waals surface area contributed by atoms with E-state index in [-0.39, 0.29) is 17.9 Å². The number of aromatic nitrogens is 3. The number of nitrogens with two attached hydrogens (primary N) is 1. The van der Waals surface area contributed by atoms with Crippen molar-refractivity contribution in [3.63, 3.8) is 0 Å². The van der Waals surface area contributed by atoms with Crippen molar-refractivity contribution < 1.29 is 14.3 Å². The summed E-state index contributed by atoms with van der Waals surface area (Å²) < 4.78 is 8.08. The molecule has 1 atom stereocenters. The third-order valence-corrected chi connectivity index (χ3v) is 8.08. The second-order valence-electron chi connectivity index (χ2n) is 9.40. The van der Waals surface area contributed by atoms with E-state index in [2.05, 4.69) is 31.7 Å². The molecule has 5 heterocycles. The van der Waals surface area contributed by atoms with Gasteiger partial charge in [0.05, 0.1) is 15.7 Å². The van der Waals surface area contributed by atoms with Crippen LogP contribution in [0.4, 0.5) is 11.5 Å². The SMILES string of the molecule is CNCCOc1cc(Cl)sc1C(=O)N[C@@H]1CCCN(c2cc(C3=CCN(C(C)=O)C3)n3ncnc(N)c23)C1. The van der Waals surface area contributed by atoms with Crippen molar-refractivity contribution in [1.82, 2.24) is 30.1 Å². The van der Waals surface area contributed by atoms with Gasteiger partial charge < -0.3 is 30.9 Å². The van der Waals surface area contributed by atoms with Crippen LogP contribution < -0.4 is 26.0 Å². The molecule has 0 aliphatic carbocycles. The number of anilines is 2. The molecule has 38 heavy (non-hydrogen) atoms. The highest BCUT2D eigenvalue weighted by atomic mass is 35.5. The lowest BCUT2D eigenvalue weighted by atomic mass is 10.0. The molecular weight excluding hydrogens is 528 g/mol. The molecule has 13 heteroatoms. The van der Waals surface area contributed by atoms with E-state index in [0.29, 0.717) is 53.6 Å². The first kappa shape index (κ1) is 26.3. The van der Waals surface area contributed by atoms with Crippen LogP contribution in [0.1, 0.15) is 35.1 Å². The van der Waals surface area contributed by atoms with Gasteiger partial charge in [-0.3, -0.25) is 9.59 Å². The summed E-state index contributed by atoms with van der Waals surface area (Å²) in [6, 6.07) is 3.67. The number of piperidine rings is 1. The molecule has 0 radical (unpaired) electrons. The van der Waals surface area contributed by atoms with Gasteiger partial charge in [-0.2, -0.15) is 5.10 Å². The molecule has 5 rings (SSSR count). The molecule has 11 nitrogen and oxygen atoms in total. The number of carbonyl (C=O) groups is 2. The van der Waals surface area contributed by atoms with E-state index in [0.717, 1.165) is 41.9 Å². The number of halogens is 1. The van der Waals surface area contributed by atoms with Crippen molar-refractivity contribution in [2.24, 2.45) is 0 Å². The van der Waals surface area contributed by atoms with Crippen LogP contribution >= 0.6 is 22.9 Å². The number of thiophene rings is 1. The number of hydrogen-bond donors (Lipinski definition) is 3. The second-order valence-corrected chi connectivity index (χ2v) is 11.1. The van der Waals surface area contributed by atoms with Crippen LogP contribution in [0.25, 0.3) is 11.1 Å². The number of nitrogen functional groups attached to an aromatic ring is 1. The van der Waals surface area contributed by atoms with Gasteiger partial charge >= 0.3 is 0 Å². The summed E-state index contributed by atoms with van der Waals surface area (Å²) in [5.74, 6) is 0.714. The van der Waals surface area contributed by atoms with Crippen LogP contribution in [0, 0.1) is 0 Å². The molecule has 3 aromatic heterocycles. The minimum atomic E-state index is -0.195. The molecule has 1 saturated heterocycles. The fourth-order valence-electron chi connectivity index (χ4n) is 4.94. The third kappa shape index (κ3) is 5.29. The summed E-state index contributed by atoms with van der Waals surface area (Å²) in [4.78, 5) is 33.8. The van der Waals surface area contributed by atoms with Crippen molar-refractivity contribution in [1.29, 1.82) is 0 Å². The largest absolute Gasteiger partial charge is 0.490 e. The van der Waals surface area contributed by atoms with Crippen LogP contribution in [0.15, 0.2) is 24.5 Å². The van der Waals surface area contributed by atoms with E-state index in [4.69, 9.17) is 22.1 Å². The van der Waals surface area contributed by atoms with Crippen LogP contribution in [0.5, 0.6) is 5.75 Å². The van der Waals surface area contributed by atoms with E-state index in [1.54, 1.807) is 22.4 Å². The molecule has 3 aromatic rings. The first-order valence-electron chi connectivity index (χ1n) is 12.6. The summed E-state index contributed by atoms with van der Waals surface area (Å²) in [6.45, 7) is 5.17. The fourth-order valence-corrected chi connectivity index (χ4v) is 6.00. The summed E-state index contributed by atoms with van der Waals surface area (Å²) in [7, 11) is 1.84. The number of hydrogen-bond acceptors (Lipinski definition) is 9. The molecule has 202 valence electrons. The quantitative estimate of drug-likeness (QED) is 0.359. The smallest absolute Gasteiger partial charge is 0.265 e. The lowest BCUT2D eigenvalue weighted by Gasteiger charge is -2.34. The highest BCUT2D eigenvalue weighted by Gasteiger charge is 2.29. The highest BCUT2D eigenvalue weighted by Crippen LogP contribution is 2.36. The Hall–Kier alpha value is -3.35. The molecule has 1 fully saturated rings. The Morgan fingerprint density at radius 2 is 2.18 bits per heavy atom. The Balaban J connectivity index is 1.36. The van der Waals surface area contributed by atoms with Crippen LogP contribution in [-0.2, 0) is 4.79 Å². The van der Waals surface area contributed by atoms with Crippen molar-refractivity contribution in [2.45, 2.75) is 25.8 Å². The zero-order valence-electron chi connectivity index (χ0n) is 21.4. The number of nitrogens with one attached hydrogen (secondary N) is 2. The first-order valence-corrected chi connectivity index (χ1v) is 13.7. The minimum absolute atomic E-state index is 0.0312. The number of fused-ring (bicyclic) bond motifs is 1. The molecule has 2 amide bonds. The normalized spacial score (nSPS) is 17.7. The average molecular weight is 559 g/mol. The Labute approximate surface area is 229 Å². The lowest BCUT2D eigenvalue weighted by molar-refractivity contribution is -0.127. The van der Waals surface area contributed by atoms with Gasteiger partial charge in [-0.15, -0.1) is 11.3 Å². The monoisotopic (exact) mass is 558 g/mol. The molecular formula is C25H31ClN8O3S. The average Bonchev–Trinajstić information content (AvgIpc) is 3.62. The fraction of sp³-hybridized carbons (Fsp3) is 0.440. The van der Waals surface area contributed by atoms with Gasteiger partial charge in [-0.25, -0.2) is 9.50 Å². The minimum Gasteiger partial charge on any atom is -0.490 e. The molecule has 0 aromatic carbocycles. The van der Waals surface area contributed by atoms with Gasteiger partial charge in [0.25, 0.3) is 5.91 Å². The maximum atomic E-state index is 13.2. The van der Waals surface area contributed by atoms with E-state index in [1.807, 2.05) is 13.1 Å². The third-order valence-electron chi connectivity index (χ3n) is 6.84. The number of likely N-dealkylation sites (N-methyl/N-ethyl adjacent to an activating group) is 1. The Bertz CT molecular complexity index is 1390. The van der Waals surface area contributed by atoms with Crippen LogP contribution in [0.3, 0.4) is 0 Å². The van der Waals surface area contributed by atoms with Gasteiger partial charge in [0.1, 0.15) is 29.1 Å². The maximum Gasteiger partial charge on any atom is 0.265 e. The predicted octanol–water partition coefficient (Wildman–Crippen LogP) is 2.27. The summed E-state index contributed by atoms with van der Waals surface area (Å²) in [6.07, 6.45) is 5.23. The van der Waals surface area contributed by atoms with Crippen LogP contribution in [0.2, 0.25) is 4.34 Å². The summed E-state index contributed by atoms with van der Waals surface area (Å²) >= 11 is 7.42. The molecule has 0 unspecified atom stereocenters. The molecule has 2 aliphatic heterocycles. The van der Waals surface area contributed by atoms with Gasteiger partial charge in [0.2, 0.25) is 5.91 Å². The number of rotatable bonds is 8. The second kappa shape index (κ2) is 11.2. The van der Waals surface area contributed by atoms with E-state index in [1.165, 1.54) is 17.7 Å². The lowest BCUT2D eigenvalue weighted by Crippen LogP contribution is -2.47. The Kier molecular flexibility index (Phi) is 7.73. The molecule has 0 saturated carbocycles. The van der Waals surface area contributed by atoms with Crippen molar-refractivity contribution in [2.75, 3.05) is 57.0 Å². The van der Waals surface area contributed by atoms with Crippen molar-refractivity contribution >= 4 is 57.3 Å². The first-order chi connectivity index (χ1) is 18.4. The highest BCUT2D eigenvalue weighted by molar-refractivity contribution is 7.18. The number of nitrogens with zero attached hydrogens (tertiary/aromatic N) is 5. The van der Waals surface area contributed by atoms with E-state index < -0.39 is 0 Å². The molecule has 0 bridgehead atoms. The van der Waals surface area contributed by atoms with E-state index in [9.17, 15) is 9.59 Å². The Morgan fingerprint density at radius 3 is 2.95 bits per heavy atom. The predicted molar refractivity (Wildman–Crippen MR) is 149 cm³/mol. The van der Waals surface area contributed by atoms with Gasteiger partial charge in [0.15, 0.2) is 5.82 Å². The zero-order chi connectivity index (χ0) is 26.8. The topological polar surface area (TPSA) is 130 Å². The number of ether oxygens (including phenoxy) is 1. The number of carbonyl (C=O) groups excluding carboxylic acids is 2.